The van der Waals surface area contributed by atoms with Gasteiger partial charge in [0.25, 0.3) is 0 Å². The molecule has 1 aromatic rings. The van der Waals surface area contributed by atoms with Crippen LogP contribution >= 0.6 is 40.7 Å². The van der Waals surface area contributed by atoms with Crippen molar-refractivity contribution in [2.75, 3.05) is 26.2 Å². The van der Waals surface area contributed by atoms with Crippen molar-refractivity contribution in [3.8, 4) is 5.75 Å². The Bertz CT molecular complexity index is 437. The van der Waals surface area contributed by atoms with Crippen molar-refractivity contribution in [3.05, 3.63) is 28.2 Å². The standard InChI is InChI=1S/C14H19BrN2O.2ClH/c15-11-3-4-12(13(18)9-11)14(10-1-2-10)17-7-5-16-6-8-17;;/h3-4,9-10,14,16,18H,1-2,5-8H2;2*1H/t14-;;/m1../s1. The predicted octanol–water partition coefficient (Wildman–Crippen LogP) is 3.35. The van der Waals surface area contributed by atoms with Gasteiger partial charge in [0.15, 0.2) is 0 Å². The number of nitrogens with one attached hydrogen (secondary N) is 1. The molecule has 0 radical (unpaired) electrons. The highest BCUT2D eigenvalue weighted by Crippen LogP contribution is 2.47. The van der Waals surface area contributed by atoms with E-state index < -0.39 is 0 Å². The second-order valence-electron chi connectivity index (χ2n) is 5.27. The van der Waals surface area contributed by atoms with E-state index in [4.69, 9.17) is 0 Å². The molecule has 3 rings (SSSR count). The first-order valence-corrected chi connectivity index (χ1v) is 7.48. The first-order valence-electron chi connectivity index (χ1n) is 6.69. The molecule has 0 unspecified atom stereocenters. The van der Waals surface area contributed by atoms with Gasteiger partial charge in [-0.05, 0) is 30.9 Å². The van der Waals surface area contributed by atoms with Crippen molar-refractivity contribution in [1.82, 2.24) is 10.2 Å². The molecule has 2 fully saturated rings. The number of piperazine rings is 1. The molecule has 1 aliphatic carbocycles. The Balaban J connectivity index is 0.000001000. The Morgan fingerprint density at radius 1 is 1.20 bits per heavy atom. The van der Waals surface area contributed by atoms with Gasteiger partial charge in [0.2, 0.25) is 0 Å². The molecule has 1 aromatic carbocycles. The van der Waals surface area contributed by atoms with Crippen LogP contribution in [0.5, 0.6) is 5.75 Å². The third-order valence-corrected chi connectivity index (χ3v) is 4.42. The van der Waals surface area contributed by atoms with Crippen LogP contribution in [0.4, 0.5) is 0 Å². The monoisotopic (exact) mass is 382 g/mol. The Morgan fingerprint density at radius 2 is 1.85 bits per heavy atom. The van der Waals surface area contributed by atoms with E-state index in [1.807, 2.05) is 12.1 Å². The van der Waals surface area contributed by atoms with E-state index in [9.17, 15) is 5.11 Å². The van der Waals surface area contributed by atoms with Gasteiger partial charge in [-0.15, -0.1) is 24.8 Å². The molecule has 2 aliphatic rings. The van der Waals surface area contributed by atoms with Crippen molar-refractivity contribution in [3.63, 3.8) is 0 Å². The zero-order chi connectivity index (χ0) is 12.5. The van der Waals surface area contributed by atoms with Crippen LogP contribution < -0.4 is 5.32 Å². The van der Waals surface area contributed by atoms with Gasteiger partial charge in [-0.3, -0.25) is 4.90 Å². The molecule has 114 valence electrons. The van der Waals surface area contributed by atoms with Gasteiger partial charge in [-0.2, -0.15) is 0 Å². The molecule has 20 heavy (non-hydrogen) atoms. The van der Waals surface area contributed by atoms with Crippen LogP contribution in [-0.4, -0.2) is 36.2 Å². The van der Waals surface area contributed by atoms with Gasteiger partial charge in [0, 0.05) is 42.3 Å². The first kappa shape index (κ1) is 18.1. The number of nitrogens with zero attached hydrogens (tertiary/aromatic N) is 1. The summed E-state index contributed by atoms with van der Waals surface area (Å²) in [6.45, 7) is 4.27. The van der Waals surface area contributed by atoms with Gasteiger partial charge in [0.05, 0.1) is 0 Å². The molecule has 0 amide bonds. The summed E-state index contributed by atoms with van der Waals surface area (Å²) in [7, 11) is 0. The quantitative estimate of drug-likeness (QED) is 0.839. The van der Waals surface area contributed by atoms with E-state index in [1.165, 1.54) is 12.8 Å². The number of hydrogen-bond acceptors (Lipinski definition) is 3. The van der Waals surface area contributed by atoms with E-state index >= 15 is 0 Å². The fourth-order valence-corrected chi connectivity index (χ4v) is 3.24. The summed E-state index contributed by atoms with van der Waals surface area (Å²) >= 11 is 3.41. The maximum Gasteiger partial charge on any atom is 0.121 e. The Kier molecular flexibility index (Phi) is 7.09. The highest BCUT2D eigenvalue weighted by atomic mass is 79.9. The molecule has 1 atom stereocenters. The van der Waals surface area contributed by atoms with Crippen LogP contribution in [0.1, 0.15) is 24.4 Å². The molecule has 0 aromatic heterocycles. The van der Waals surface area contributed by atoms with Gasteiger partial charge >= 0.3 is 0 Å². The summed E-state index contributed by atoms with van der Waals surface area (Å²) in [6.07, 6.45) is 2.59. The lowest BCUT2D eigenvalue weighted by atomic mass is 9.99. The number of halogens is 3. The Morgan fingerprint density at radius 3 is 2.40 bits per heavy atom. The molecule has 6 heteroatoms. The van der Waals surface area contributed by atoms with Crippen LogP contribution in [0, 0.1) is 5.92 Å². The van der Waals surface area contributed by atoms with Crippen LogP contribution in [0.15, 0.2) is 22.7 Å². The van der Waals surface area contributed by atoms with E-state index in [0.29, 0.717) is 11.8 Å². The van der Waals surface area contributed by atoms with E-state index in [0.717, 1.165) is 42.1 Å². The molecule has 1 aliphatic heterocycles. The zero-order valence-corrected chi connectivity index (χ0v) is 14.4. The zero-order valence-electron chi connectivity index (χ0n) is 11.2. The number of rotatable bonds is 3. The number of benzene rings is 1. The van der Waals surface area contributed by atoms with Gasteiger partial charge in [-0.25, -0.2) is 0 Å². The first-order chi connectivity index (χ1) is 8.75. The lowest BCUT2D eigenvalue weighted by Crippen LogP contribution is -2.45. The number of hydrogen-bond donors (Lipinski definition) is 2. The van der Waals surface area contributed by atoms with Crippen molar-refractivity contribution in [2.24, 2.45) is 5.92 Å². The predicted molar refractivity (Wildman–Crippen MR) is 90.2 cm³/mol. The molecule has 2 N–H and O–H groups in total. The SMILES string of the molecule is Cl.Cl.Oc1cc(Br)ccc1[C@@H](C1CC1)N1CCNCC1. The summed E-state index contributed by atoms with van der Waals surface area (Å²) in [5, 5.41) is 13.6. The number of aromatic hydroxyl groups is 1. The van der Waals surface area contributed by atoms with E-state index in [-0.39, 0.29) is 24.8 Å². The largest absolute Gasteiger partial charge is 0.508 e. The summed E-state index contributed by atoms with van der Waals surface area (Å²) < 4.78 is 0.943. The minimum atomic E-state index is 0. The molecule has 1 heterocycles. The van der Waals surface area contributed by atoms with Crippen molar-refractivity contribution in [1.29, 1.82) is 0 Å². The van der Waals surface area contributed by atoms with Gasteiger partial charge < -0.3 is 10.4 Å². The molecule has 0 spiro atoms. The van der Waals surface area contributed by atoms with Crippen molar-refractivity contribution >= 4 is 40.7 Å². The van der Waals surface area contributed by atoms with Crippen LogP contribution in [-0.2, 0) is 0 Å². The highest BCUT2D eigenvalue weighted by molar-refractivity contribution is 9.10. The van der Waals surface area contributed by atoms with Crippen molar-refractivity contribution < 1.29 is 5.11 Å². The second-order valence-corrected chi connectivity index (χ2v) is 6.19. The number of phenols is 1. The van der Waals surface area contributed by atoms with Crippen molar-refractivity contribution in [2.45, 2.75) is 18.9 Å². The third-order valence-electron chi connectivity index (χ3n) is 3.92. The van der Waals surface area contributed by atoms with Gasteiger partial charge in [-0.1, -0.05) is 22.0 Å². The summed E-state index contributed by atoms with van der Waals surface area (Å²) in [6, 6.07) is 6.32. The maximum atomic E-state index is 10.2. The molecule has 1 saturated carbocycles. The second kappa shape index (κ2) is 7.85. The highest BCUT2D eigenvalue weighted by Gasteiger charge is 2.37. The minimum Gasteiger partial charge on any atom is -0.508 e. The van der Waals surface area contributed by atoms with Crippen LogP contribution in [0.2, 0.25) is 0 Å². The Labute approximate surface area is 141 Å². The average Bonchev–Trinajstić information content (AvgIpc) is 3.18. The summed E-state index contributed by atoms with van der Waals surface area (Å²) in [5.74, 6) is 1.16. The summed E-state index contributed by atoms with van der Waals surface area (Å²) in [4.78, 5) is 2.52. The van der Waals surface area contributed by atoms with Crippen LogP contribution in [0.3, 0.4) is 0 Å². The maximum absolute atomic E-state index is 10.2. The lowest BCUT2D eigenvalue weighted by Gasteiger charge is -2.35. The topological polar surface area (TPSA) is 35.5 Å². The Hall–Kier alpha value is -0.0000000000000000971. The molecule has 0 bridgehead atoms. The van der Waals surface area contributed by atoms with E-state index in [2.05, 4.69) is 32.2 Å². The van der Waals surface area contributed by atoms with E-state index in [1.54, 1.807) is 0 Å². The fourth-order valence-electron chi connectivity index (χ4n) is 2.89. The fraction of sp³-hybridized carbons (Fsp3) is 0.571. The van der Waals surface area contributed by atoms with Gasteiger partial charge in [0.1, 0.15) is 5.75 Å². The summed E-state index contributed by atoms with van der Waals surface area (Å²) in [5.41, 5.74) is 1.10. The molecular formula is C14H21BrCl2N2O. The average molecular weight is 384 g/mol. The molecule has 1 saturated heterocycles. The lowest BCUT2D eigenvalue weighted by molar-refractivity contribution is 0.153. The molecule has 3 nitrogen and oxygen atoms in total. The third kappa shape index (κ3) is 4.01. The smallest absolute Gasteiger partial charge is 0.121 e. The minimum absolute atomic E-state index is 0. The van der Waals surface area contributed by atoms with Crippen LogP contribution in [0.25, 0.3) is 0 Å². The number of phenolic OH excluding ortho intramolecular Hbond substituents is 1. The normalized spacial score (nSPS) is 20.6. The molecular weight excluding hydrogens is 363 g/mol.